The van der Waals surface area contributed by atoms with E-state index in [0.717, 1.165) is 5.56 Å². The molecule has 88 valence electrons. The minimum Gasteiger partial charge on any atom is -0.722 e. The molecule has 1 aromatic heterocycles. The molecule has 0 aliphatic heterocycles. The molecule has 0 unspecified atom stereocenters. The number of nitrogens with zero attached hydrogens (tertiary/aromatic N) is 3. The fourth-order valence-electron chi connectivity index (χ4n) is 1.42. The first kappa shape index (κ1) is 11.6. The van der Waals surface area contributed by atoms with Crippen LogP contribution in [0.25, 0.3) is 0 Å². The van der Waals surface area contributed by atoms with E-state index in [-0.39, 0.29) is 12.0 Å². The molecule has 6 heteroatoms. The van der Waals surface area contributed by atoms with Gasteiger partial charge in [0, 0.05) is 5.02 Å². The van der Waals surface area contributed by atoms with Crippen molar-refractivity contribution < 1.29 is 4.85 Å². The number of hydrogen-bond donors (Lipinski definition) is 1. The summed E-state index contributed by atoms with van der Waals surface area (Å²) in [4.78, 5) is 4.36. The van der Waals surface area contributed by atoms with Crippen molar-refractivity contribution in [1.29, 1.82) is 0 Å². The summed E-state index contributed by atoms with van der Waals surface area (Å²) < 4.78 is 0. The molecule has 2 aromatic rings. The van der Waals surface area contributed by atoms with Gasteiger partial charge in [-0.2, -0.15) is 0 Å². The molecular weight excluding hydrogens is 240 g/mol. The molecule has 0 bridgehead atoms. The third-order valence-corrected chi connectivity index (χ3v) is 2.58. The van der Waals surface area contributed by atoms with Crippen LogP contribution in [0.4, 0.5) is 5.95 Å². The zero-order valence-electron chi connectivity index (χ0n) is 9.17. The number of aromatic nitrogens is 3. The molecule has 0 aliphatic carbocycles. The summed E-state index contributed by atoms with van der Waals surface area (Å²) in [5, 5.41) is 18.5. The van der Waals surface area contributed by atoms with E-state index in [1.165, 1.54) is 12.4 Å². The normalized spacial score (nSPS) is 12.1. The molecule has 0 radical (unpaired) electrons. The summed E-state index contributed by atoms with van der Waals surface area (Å²) >= 11 is 5.80. The Labute approximate surface area is 104 Å². The second kappa shape index (κ2) is 4.97. The Hall–Kier alpha value is -1.88. The Balaban J connectivity index is 2.14. The van der Waals surface area contributed by atoms with Crippen molar-refractivity contribution >= 4 is 17.5 Å². The highest BCUT2D eigenvalue weighted by atomic mass is 35.5. The lowest BCUT2D eigenvalue weighted by Gasteiger charge is -2.12. The minimum atomic E-state index is -0.0517. The predicted octanol–water partition coefficient (Wildman–Crippen LogP) is 1.94. The summed E-state index contributed by atoms with van der Waals surface area (Å²) in [5.74, 6) is 0.176. The summed E-state index contributed by atoms with van der Waals surface area (Å²) in [7, 11) is 0. The van der Waals surface area contributed by atoms with Crippen LogP contribution in [0.3, 0.4) is 0 Å². The number of anilines is 1. The highest BCUT2D eigenvalue weighted by molar-refractivity contribution is 6.30. The molecule has 1 atom stereocenters. The fourth-order valence-corrected chi connectivity index (χ4v) is 1.55. The van der Waals surface area contributed by atoms with E-state index in [2.05, 4.69) is 15.4 Å². The third-order valence-electron chi connectivity index (χ3n) is 2.33. The van der Waals surface area contributed by atoms with E-state index in [0.29, 0.717) is 9.87 Å². The van der Waals surface area contributed by atoms with Crippen LogP contribution in [0, 0.1) is 5.21 Å². The minimum absolute atomic E-state index is 0.0517. The molecule has 2 rings (SSSR count). The van der Waals surface area contributed by atoms with Crippen LogP contribution in [0.5, 0.6) is 0 Å². The summed E-state index contributed by atoms with van der Waals surface area (Å²) in [5.41, 5.74) is 1.01. The van der Waals surface area contributed by atoms with E-state index in [9.17, 15) is 5.21 Å². The highest BCUT2D eigenvalue weighted by Gasteiger charge is 2.13. The molecule has 0 fully saturated rings. The van der Waals surface area contributed by atoms with Crippen molar-refractivity contribution in [2.45, 2.75) is 13.0 Å². The maximum atomic E-state index is 11.3. The van der Waals surface area contributed by atoms with Gasteiger partial charge in [0.25, 0.3) is 0 Å². The molecule has 0 spiro atoms. The lowest BCUT2D eigenvalue weighted by atomic mass is 10.1. The standard InChI is InChI=1S/C11H11ClN4O/c1-8(9-2-4-10(12)5-3-9)15-11-13-6-7-14-16(11)17/h2-8H,1H3,(H,13,15)/t8-/m1/s1. The fraction of sp³-hybridized carbons (Fsp3) is 0.182. The van der Waals surface area contributed by atoms with Gasteiger partial charge >= 0.3 is 5.95 Å². The van der Waals surface area contributed by atoms with Crippen LogP contribution in [-0.4, -0.2) is 10.1 Å². The Morgan fingerprint density at radius 1 is 1.29 bits per heavy atom. The number of rotatable bonds is 3. The second-order valence-corrected chi connectivity index (χ2v) is 3.99. The van der Waals surface area contributed by atoms with Gasteiger partial charge in [0.05, 0.1) is 12.2 Å². The van der Waals surface area contributed by atoms with E-state index in [1.807, 2.05) is 19.1 Å². The van der Waals surface area contributed by atoms with E-state index in [4.69, 9.17) is 11.6 Å². The topological polar surface area (TPSA) is 64.8 Å². The lowest BCUT2D eigenvalue weighted by Crippen LogP contribution is -2.36. The van der Waals surface area contributed by atoms with Crippen LogP contribution < -0.4 is 10.2 Å². The van der Waals surface area contributed by atoms with E-state index in [1.54, 1.807) is 12.1 Å². The van der Waals surface area contributed by atoms with Crippen LogP contribution in [-0.2, 0) is 0 Å². The van der Waals surface area contributed by atoms with Gasteiger partial charge in [0.2, 0.25) is 0 Å². The molecule has 1 heterocycles. The van der Waals surface area contributed by atoms with Gasteiger partial charge in [-0.15, -0.1) is 9.94 Å². The average molecular weight is 251 g/mol. The zero-order valence-corrected chi connectivity index (χ0v) is 9.93. The number of benzene rings is 1. The van der Waals surface area contributed by atoms with Gasteiger partial charge in [-0.1, -0.05) is 28.7 Å². The highest BCUT2D eigenvalue weighted by Crippen LogP contribution is 2.18. The van der Waals surface area contributed by atoms with Gasteiger partial charge < -0.3 is 5.21 Å². The average Bonchev–Trinajstić information content (AvgIpc) is 2.33. The maximum absolute atomic E-state index is 11.3. The molecule has 0 amide bonds. The summed E-state index contributed by atoms with van der Waals surface area (Å²) in [6, 6.07) is 7.34. The SMILES string of the molecule is C[C@@H](Nc1nccn[n+]1[O-])c1ccc(Cl)cc1. The first-order valence-corrected chi connectivity index (χ1v) is 5.47. The maximum Gasteiger partial charge on any atom is 0.412 e. The van der Waals surface area contributed by atoms with Crippen LogP contribution in [0.15, 0.2) is 36.7 Å². The van der Waals surface area contributed by atoms with Crippen molar-refractivity contribution in [1.82, 2.24) is 10.1 Å². The second-order valence-electron chi connectivity index (χ2n) is 3.56. The Kier molecular flexibility index (Phi) is 3.39. The van der Waals surface area contributed by atoms with Gasteiger partial charge in [0.15, 0.2) is 0 Å². The van der Waals surface area contributed by atoms with Gasteiger partial charge in [-0.3, -0.25) is 5.32 Å². The molecule has 5 nitrogen and oxygen atoms in total. The largest absolute Gasteiger partial charge is 0.722 e. The Morgan fingerprint density at radius 3 is 2.65 bits per heavy atom. The Morgan fingerprint density at radius 2 is 2.00 bits per heavy atom. The Bertz CT molecular complexity index is 503. The summed E-state index contributed by atoms with van der Waals surface area (Å²) in [6.45, 7) is 1.93. The van der Waals surface area contributed by atoms with Crippen molar-refractivity contribution in [3.63, 3.8) is 0 Å². The smallest absolute Gasteiger partial charge is 0.412 e. The molecule has 1 aromatic carbocycles. The van der Waals surface area contributed by atoms with E-state index >= 15 is 0 Å². The van der Waals surface area contributed by atoms with Crippen LogP contribution in [0.1, 0.15) is 18.5 Å². The van der Waals surface area contributed by atoms with Gasteiger partial charge in [0.1, 0.15) is 6.20 Å². The number of hydrogen-bond acceptors (Lipinski definition) is 4. The van der Waals surface area contributed by atoms with E-state index < -0.39 is 0 Å². The predicted molar refractivity (Wildman–Crippen MR) is 64.5 cm³/mol. The number of halogens is 1. The molecular formula is C11H11ClN4O. The zero-order chi connectivity index (χ0) is 12.3. The quantitative estimate of drug-likeness (QED) is 0.668. The third kappa shape index (κ3) is 2.82. The number of nitrogens with one attached hydrogen (secondary N) is 1. The van der Waals surface area contributed by atoms with Crippen molar-refractivity contribution in [2.24, 2.45) is 0 Å². The van der Waals surface area contributed by atoms with Crippen LogP contribution >= 0.6 is 11.6 Å². The monoisotopic (exact) mass is 250 g/mol. The van der Waals surface area contributed by atoms with Crippen molar-refractivity contribution in [3.8, 4) is 0 Å². The molecule has 0 aliphatic rings. The van der Waals surface area contributed by atoms with Gasteiger partial charge in [-0.25, -0.2) is 0 Å². The molecule has 1 N–H and O–H groups in total. The lowest BCUT2D eigenvalue weighted by molar-refractivity contribution is -0.657. The van der Waals surface area contributed by atoms with Crippen molar-refractivity contribution in [3.05, 3.63) is 52.5 Å². The van der Waals surface area contributed by atoms with Gasteiger partial charge in [-0.05, 0) is 24.6 Å². The summed E-state index contributed by atoms with van der Waals surface area (Å²) in [6.07, 6.45) is 2.80. The molecule has 0 saturated heterocycles. The first-order valence-electron chi connectivity index (χ1n) is 5.09. The van der Waals surface area contributed by atoms with Crippen LogP contribution in [0.2, 0.25) is 5.02 Å². The van der Waals surface area contributed by atoms with Crippen molar-refractivity contribution in [2.75, 3.05) is 5.32 Å². The molecule has 0 saturated carbocycles. The first-order chi connectivity index (χ1) is 8.16. The molecule has 17 heavy (non-hydrogen) atoms.